The van der Waals surface area contributed by atoms with Gasteiger partial charge in [-0.25, -0.2) is 0 Å². The molecular formula is C19H26N2O2. The second-order valence-corrected chi connectivity index (χ2v) is 6.60. The first-order chi connectivity index (χ1) is 11.3. The van der Waals surface area contributed by atoms with Crippen LogP contribution in [0.3, 0.4) is 0 Å². The van der Waals surface area contributed by atoms with E-state index in [4.69, 9.17) is 0 Å². The SMILES string of the molecule is O=C(Cc1c[nH]c2ccccc12)N(CCO)CC1CCCCC1. The number of aromatic nitrogens is 1. The molecule has 1 aliphatic carbocycles. The molecule has 4 heteroatoms. The Kier molecular flexibility index (Phi) is 5.34. The van der Waals surface area contributed by atoms with Gasteiger partial charge in [-0.2, -0.15) is 0 Å². The molecular weight excluding hydrogens is 288 g/mol. The summed E-state index contributed by atoms with van der Waals surface area (Å²) in [6.45, 7) is 1.27. The first kappa shape index (κ1) is 16.1. The maximum atomic E-state index is 12.7. The third-order valence-corrected chi connectivity index (χ3v) is 4.94. The van der Waals surface area contributed by atoms with Crippen LogP contribution in [-0.2, 0) is 11.2 Å². The molecule has 124 valence electrons. The number of nitrogens with zero attached hydrogens (tertiary/aromatic N) is 1. The Morgan fingerprint density at radius 2 is 2.00 bits per heavy atom. The number of rotatable bonds is 6. The Morgan fingerprint density at radius 1 is 1.22 bits per heavy atom. The van der Waals surface area contributed by atoms with Crippen molar-refractivity contribution in [3.8, 4) is 0 Å². The summed E-state index contributed by atoms with van der Waals surface area (Å²) in [6, 6.07) is 8.06. The Hall–Kier alpha value is -1.81. The number of H-pyrrole nitrogens is 1. The van der Waals surface area contributed by atoms with E-state index in [1.165, 1.54) is 32.1 Å². The van der Waals surface area contributed by atoms with E-state index in [-0.39, 0.29) is 12.5 Å². The molecule has 1 heterocycles. The van der Waals surface area contributed by atoms with Gasteiger partial charge >= 0.3 is 0 Å². The topological polar surface area (TPSA) is 56.3 Å². The Morgan fingerprint density at radius 3 is 2.78 bits per heavy atom. The summed E-state index contributed by atoms with van der Waals surface area (Å²) in [6.07, 6.45) is 8.62. The van der Waals surface area contributed by atoms with E-state index in [0.29, 0.717) is 18.9 Å². The standard InChI is InChI=1S/C19H26N2O2/c22-11-10-21(14-15-6-2-1-3-7-15)19(23)12-16-13-20-18-9-5-4-8-17(16)18/h4-5,8-9,13,15,20,22H,1-3,6-7,10-12,14H2. The van der Waals surface area contributed by atoms with Crippen molar-refractivity contribution in [1.29, 1.82) is 0 Å². The molecule has 2 aromatic rings. The number of aromatic amines is 1. The quantitative estimate of drug-likeness (QED) is 0.861. The zero-order chi connectivity index (χ0) is 16.1. The molecule has 0 aliphatic heterocycles. The number of carbonyl (C=O) groups excluding carboxylic acids is 1. The van der Waals surface area contributed by atoms with Crippen LogP contribution in [-0.4, -0.2) is 40.6 Å². The number of amides is 1. The number of aliphatic hydroxyl groups is 1. The van der Waals surface area contributed by atoms with Crippen molar-refractivity contribution in [2.45, 2.75) is 38.5 Å². The minimum Gasteiger partial charge on any atom is -0.395 e. The molecule has 0 radical (unpaired) electrons. The number of para-hydroxylation sites is 1. The fourth-order valence-electron chi connectivity index (χ4n) is 3.67. The van der Waals surface area contributed by atoms with Crippen LogP contribution in [0.25, 0.3) is 10.9 Å². The van der Waals surface area contributed by atoms with Crippen molar-refractivity contribution in [2.24, 2.45) is 5.92 Å². The zero-order valence-corrected chi connectivity index (χ0v) is 13.6. The number of aliphatic hydroxyl groups excluding tert-OH is 1. The van der Waals surface area contributed by atoms with E-state index in [0.717, 1.165) is 23.0 Å². The van der Waals surface area contributed by atoms with Gasteiger partial charge < -0.3 is 15.0 Å². The fourth-order valence-corrected chi connectivity index (χ4v) is 3.67. The van der Waals surface area contributed by atoms with Gasteiger partial charge in [-0.05, 0) is 30.4 Å². The van der Waals surface area contributed by atoms with Crippen LogP contribution in [0.15, 0.2) is 30.5 Å². The van der Waals surface area contributed by atoms with Crippen LogP contribution in [0.4, 0.5) is 0 Å². The smallest absolute Gasteiger partial charge is 0.227 e. The average Bonchev–Trinajstić information content (AvgIpc) is 2.99. The highest BCUT2D eigenvalue weighted by atomic mass is 16.3. The van der Waals surface area contributed by atoms with Gasteiger partial charge in [0, 0.05) is 30.2 Å². The summed E-state index contributed by atoms with van der Waals surface area (Å²) in [7, 11) is 0. The number of carbonyl (C=O) groups is 1. The molecule has 1 aromatic carbocycles. The highest BCUT2D eigenvalue weighted by molar-refractivity contribution is 5.88. The van der Waals surface area contributed by atoms with Crippen molar-refractivity contribution in [2.75, 3.05) is 19.7 Å². The van der Waals surface area contributed by atoms with E-state index >= 15 is 0 Å². The van der Waals surface area contributed by atoms with Gasteiger partial charge in [-0.15, -0.1) is 0 Å². The van der Waals surface area contributed by atoms with Crippen molar-refractivity contribution >= 4 is 16.8 Å². The van der Waals surface area contributed by atoms with Crippen molar-refractivity contribution in [3.63, 3.8) is 0 Å². The van der Waals surface area contributed by atoms with Crippen molar-refractivity contribution < 1.29 is 9.90 Å². The van der Waals surface area contributed by atoms with Gasteiger partial charge in [0.05, 0.1) is 13.0 Å². The molecule has 0 bridgehead atoms. The molecule has 1 saturated carbocycles. The summed E-state index contributed by atoms with van der Waals surface area (Å²) < 4.78 is 0. The molecule has 23 heavy (non-hydrogen) atoms. The summed E-state index contributed by atoms with van der Waals surface area (Å²) in [5.74, 6) is 0.719. The Labute approximate surface area is 137 Å². The van der Waals surface area contributed by atoms with E-state index in [9.17, 15) is 9.90 Å². The number of fused-ring (bicyclic) bond motifs is 1. The molecule has 1 fully saturated rings. The lowest BCUT2D eigenvalue weighted by atomic mass is 9.89. The lowest BCUT2D eigenvalue weighted by Crippen LogP contribution is -2.38. The molecule has 0 spiro atoms. The van der Waals surface area contributed by atoms with Crippen LogP contribution < -0.4 is 0 Å². The lowest BCUT2D eigenvalue weighted by molar-refractivity contribution is -0.131. The maximum Gasteiger partial charge on any atom is 0.227 e. The van der Waals surface area contributed by atoms with Crippen molar-refractivity contribution in [1.82, 2.24) is 9.88 Å². The second kappa shape index (κ2) is 7.64. The van der Waals surface area contributed by atoms with Crippen LogP contribution in [0, 0.1) is 5.92 Å². The fraction of sp³-hybridized carbons (Fsp3) is 0.526. The molecule has 0 atom stereocenters. The van der Waals surface area contributed by atoms with Crippen molar-refractivity contribution in [3.05, 3.63) is 36.0 Å². The molecule has 1 amide bonds. The molecule has 2 N–H and O–H groups in total. The van der Waals surface area contributed by atoms with Gasteiger partial charge in [0.1, 0.15) is 0 Å². The van der Waals surface area contributed by atoms with Gasteiger partial charge in [0.2, 0.25) is 5.91 Å². The van der Waals surface area contributed by atoms with Gasteiger partial charge in [0.15, 0.2) is 0 Å². The molecule has 1 aromatic heterocycles. The van der Waals surface area contributed by atoms with Gasteiger partial charge in [0.25, 0.3) is 0 Å². The van der Waals surface area contributed by atoms with E-state index in [2.05, 4.69) is 4.98 Å². The predicted molar refractivity (Wildman–Crippen MR) is 92.2 cm³/mol. The van der Waals surface area contributed by atoms with E-state index in [1.54, 1.807) is 0 Å². The largest absolute Gasteiger partial charge is 0.395 e. The van der Waals surface area contributed by atoms with Crippen LogP contribution >= 0.6 is 0 Å². The summed E-state index contributed by atoms with van der Waals surface area (Å²) in [4.78, 5) is 17.8. The highest BCUT2D eigenvalue weighted by Crippen LogP contribution is 2.25. The van der Waals surface area contributed by atoms with E-state index < -0.39 is 0 Å². The third-order valence-electron chi connectivity index (χ3n) is 4.94. The Balaban J connectivity index is 1.67. The Bertz CT molecular complexity index is 644. The lowest BCUT2D eigenvalue weighted by Gasteiger charge is -2.29. The van der Waals surface area contributed by atoms with Crippen LogP contribution in [0.2, 0.25) is 0 Å². The summed E-state index contributed by atoms with van der Waals surface area (Å²) in [5.41, 5.74) is 2.11. The first-order valence-electron chi connectivity index (χ1n) is 8.71. The zero-order valence-electron chi connectivity index (χ0n) is 13.6. The molecule has 0 unspecified atom stereocenters. The monoisotopic (exact) mass is 314 g/mol. The number of benzene rings is 1. The summed E-state index contributed by atoms with van der Waals surface area (Å²) >= 11 is 0. The number of hydrogen-bond acceptors (Lipinski definition) is 2. The first-order valence-corrected chi connectivity index (χ1v) is 8.71. The third kappa shape index (κ3) is 3.94. The molecule has 3 rings (SSSR count). The minimum absolute atomic E-state index is 0.0341. The molecule has 4 nitrogen and oxygen atoms in total. The second-order valence-electron chi connectivity index (χ2n) is 6.60. The molecule has 0 saturated heterocycles. The molecule has 1 aliphatic rings. The van der Waals surface area contributed by atoms with E-state index in [1.807, 2.05) is 35.4 Å². The van der Waals surface area contributed by atoms with Gasteiger partial charge in [-0.1, -0.05) is 37.5 Å². The highest BCUT2D eigenvalue weighted by Gasteiger charge is 2.21. The normalized spacial score (nSPS) is 15.9. The minimum atomic E-state index is 0.0341. The number of nitrogens with one attached hydrogen (secondary N) is 1. The predicted octanol–water partition coefficient (Wildman–Crippen LogP) is 3.11. The van der Waals surface area contributed by atoms with Gasteiger partial charge in [-0.3, -0.25) is 4.79 Å². The van der Waals surface area contributed by atoms with Crippen LogP contribution in [0.1, 0.15) is 37.7 Å². The van der Waals surface area contributed by atoms with Crippen LogP contribution in [0.5, 0.6) is 0 Å². The number of hydrogen-bond donors (Lipinski definition) is 2. The maximum absolute atomic E-state index is 12.7. The summed E-state index contributed by atoms with van der Waals surface area (Å²) in [5, 5.41) is 10.4. The average molecular weight is 314 g/mol.